The highest BCUT2D eigenvalue weighted by molar-refractivity contribution is 6.08. The maximum Gasteiger partial charge on any atom is 0.276 e. The molecule has 1 aliphatic heterocycles. The van der Waals surface area contributed by atoms with Crippen LogP contribution < -0.4 is 15.9 Å². The standard InChI is InChI=1S/C15H15N5O4/c1-24-9-4-2-8(3-5-9)13-12(14(16)18-17-13)15(23)19-20-10(21)6-7-11(20)22/h2-5H,6-7H2,1H3,(H,19,23)(H3,16,17,18). The number of nitrogens with two attached hydrogens (primary N) is 1. The number of rotatable bonds is 4. The van der Waals surface area contributed by atoms with Crippen molar-refractivity contribution in [3.8, 4) is 17.0 Å². The number of amides is 3. The van der Waals surface area contributed by atoms with Gasteiger partial charge in [0.05, 0.1) is 12.8 Å². The lowest BCUT2D eigenvalue weighted by molar-refractivity contribution is -0.141. The van der Waals surface area contributed by atoms with Crippen LogP contribution in [0, 0.1) is 0 Å². The van der Waals surface area contributed by atoms with E-state index in [2.05, 4.69) is 15.6 Å². The number of nitrogens with zero attached hydrogens (tertiary/aromatic N) is 2. The molecule has 0 atom stereocenters. The van der Waals surface area contributed by atoms with Crippen LogP contribution in [0.4, 0.5) is 5.82 Å². The van der Waals surface area contributed by atoms with Crippen LogP contribution in [0.15, 0.2) is 24.3 Å². The topological polar surface area (TPSA) is 130 Å². The molecule has 1 aromatic heterocycles. The van der Waals surface area contributed by atoms with Gasteiger partial charge in [-0.3, -0.25) is 24.9 Å². The van der Waals surface area contributed by atoms with E-state index < -0.39 is 17.7 Å². The maximum atomic E-state index is 12.5. The summed E-state index contributed by atoms with van der Waals surface area (Å²) < 4.78 is 5.09. The molecule has 0 spiro atoms. The molecule has 1 fully saturated rings. The predicted molar refractivity (Wildman–Crippen MR) is 83.5 cm³/mol. The number of H-pyrrole nitrogens is 1. The first kappa shape index (κ1) is 15.5. The van der Waals surface area contributed by atoms with Crippen molar-refractivity contribution in [2.75, 3.05) is 12.8 Å². The SMILES string of the molecule is COc1ccc(-c2[nH]nc(N)c2C(=O)NN2C(=O)CCC2=O)cc1. The summed E-state index contributed by atoms with van der Waals surface area (Å²) in [5.41, 5.74) is 9.15. The molecule has 0 unspecified atom stereocenters. The number of ether oxygens (including phenoxy) is 1. The number of hydrazine groups is 1. The summed E-state index contributed by atoms with van der Waals surface area (Å²) in [4.78, 5) is 35.7. The number of nitrogen functional groups attached to an aromatic ring is 1. The minimum atomic E-state index is -0.685. The first-order valence-corrected chi connectivity index (χ1v) is 7.16. The van der Waals surface area contributed by atoms with Gasteiger partial charge in [0.25, 0.3) is 5.91 Å². The Morgan fingerprint density at radius 1 is 1.25 bits per heavy atom. The Morgan fingerprint density at radius 3 is 2.46 bits per heavy atom. The van der Waals surface area contributed by atoms with Crippen molar-refractivity contribution in [3.63, 3.8) is 0 Å². The van der Waals surface area contributed by atoms with Crippen LogP contribution in [0.3, 0.4) is 0 Å². The molecular formula is C15H15N5O4. The third-order valence-electron chi connectivity index (χ3n) is 3.66. The Hall–Kier alpha value is -3.36. The van der Waals surface area contributed by atoms with Crippen molar-refractivity contribution in [3.05, 3.63) is 29.8 Å². The summed E-state index contributed by atoms with van der Waals surface area (Å²) in [6.45, 7) is 0. The number of anilines is 1. The van der Waals surface area contributed by atoms with E-state index in [0.717, 1.165) is 0 Å². The molecule has 2 heterocycles. The number of hydrogen-bond acceptors (Lipinski definition) is 6. The zero-order chi connectivity index (χ0) is 17.3. The molecule has 4 N–H and O–H groups in total. The van der Waals surface area contributed by atoms with E-state index in [0.29, 0.717) is 22.0 Å². The van der Waals surface area contributed by atoms with Crippen LogP contribution in [0.1, 0.15) is 23.2 Å². The first-order chi connectivity index (χ1) is 11.5. The molecule has 1 aromatic carbocycles. The normalized spacial score (nSPS) is 14.1. The zero-order valence-electron chi connectivity index (χ0n) is 12.8. The van der Waals surface area contributed by atoms with E-state index in [1.165, 1.54) is 0 Å². The van der Waals surface area contributed by atoms with Crippen LogP contribution in [0.5, 0.6) is 5.75 Å². The highest BCUT2D eigenvalue weighted by Crippen LogP contribution is 2.27. The predicted octanol–water partition coefficient (Wildman–Crippen LogP) is 0.461. The number of aromatic nitrogens is 2. The highest BCUT2D eigenvalue weighted by atomic mass is 16.5. The summed E-state index contributed by atoms with van der Waals surface area (Å²) in [7, 11) is 1.55. The van der Waals surface area contributed by atoms with Crippen LogP contribution in [0.2, 0.25) is 0 Å². The molecule has 0 saturated carbocycles. The monoisotopic (exact) mass is 329 g/mol. The summed E-state index contributed by atoms with van der Waals surface area (Å²) in [6.07, 6.45) is 0.149. The van der Waals surface area contributed by atoms with E-state index in [1.54, 1.807) is 31.4 Å². The fourth-order valence-corrected chi connectivity index (χ4v) is 2.41. The van der Waals surface area contributed by atoms with E-state index >= 15 is 0 Å². The Balaban J connectivity index is 1.90. The quantitative estimate of drug-likeness (QED) is 0.699. The van der Waals surface area contributed by atoms with Gasteiger partial charge in [-0.15, -0.1) is 0 Å². The van der Waals surface area contributed by atoms with Gasteiger partial charge in [-0.05, 0) is 24.3 Å². The number of carbonyl (C=O) groups is 3. The summed E-state index contributed by atoms with van der Waals surface area (Å²) in [6, 6.07) is 6.91. The fourth-order valence-electron chi connectivity index (χ4n) is 2.41. The average molecular weight is 329 g/mol. The lowest BCUT2D eigenvalue weighted by Gasteiger charge is -2.15. The van der Waals surface area contributed by atoms with E-state index in [1.807, 2.05) is 0 Å². The summed E-state index contributed by atoms with van der Waals surface area (Å²) in [5.74, 6) is -0.971. The number of methoxy groups -OCH3 is 1. The second-order valence-electron chi connectivity index (χ2n) is 5.15. The highest BCUT2D eigenvalue weighted by Gasteiger charge is 2.32. The van der Waals surface area contributed by atoms with Gasteiger partial charge in [0.1, 0.15) is 11.3 Å². The number of imide groups is 1. The number of hydrogen-bond donors (Lipinski definition) is 3. The molecule has 1 aliphatic rings. The second-order valence-corrected chi connectivity index (χ2v) is 5.15. The second kappa shape index (κ2) is 6.03. The first-order valence-electron chi connectivity index (χ1n) is 7.16. The third-order valence-corrected chi connectivity index (χ3v) is 3.66. The van der Waals surface area contributed by atoms with E-state index in [-0.39, 0.29) is 24.2 Å². The molecule has 1 saturated heterocycles. The van der Waals surface area contributed by atoms with Crippen molar-refractivity contribution in [1.82, 2.24) is 20.6 Å². The molecule has 9 nitrogen and oxygen atoms in total. The molecule has 0 radical (unpaired) electrons. The van der Waals surface area contributed by atoms with Gasteiger partial charge in [-0.2, -0.15) is 10.1 Å². The number of nitrogens with one attached hydrogen (secondary N) is 2. The lowest BCUT2D eigenvalue weighted by Crippen LogP contribution is -2.45. The largest absolute Gasteiger partial charge is 0.497 e. The van der Waals surface area contributed by atoms with Gasteiger partial charge in [-0.1, -0.05) is 0 Å². The van der Waals surface area contributed by atoms with Crippen LogP contribution >= 0.6 is 0 Å². The Kier molecular flexibility index (Phi) is 3.90. The molecule has 2 aromatic rings. The number of benzene rings is 1. The van der Waals surface area contributed by atoms with Gasteiger partial charge >= 0.3 is 0 Å². The Labute approximate surface area is 136 Å². The van der Waals surface area contributed by atoms with Crippen molar-refractivity contribution in [2.24, 2.45) is 0 Å². The molecule has 124 valence electrons. The molecule has 3 rings (SSSR count). The average Bonchev–Trinajstić information content (AvgIpc) is 3.12. The minimum absolute atomic E-state index is 0.0302. The van der Waals surface area contributed by atoms with Crippen molar-refractivity contribution in [1.29, 1.82) is 0 Å². The van der Waals surface area contributed by atoms with Crippen molar-refractivity contribution in [2.45, 2.75) is 12.8 Å². The molecule has 0 bridgehead atoms. The molecular weight excluding hydrogens is 314 g/mol. The Bertz CT molecular complexity index is 796. The van der Waals surface area contributed by atoms with Gasteiger partial charge in [0, 0.05) is 18.4 Å². The van der Waals surface area contributed by atoms with Gasteiger partial charge in [-0.25, -0.2) is 0 Å². The van der Waals surface area contributed by atoms with Gasteiger partial charge < -0.3 is 10.5 Å². The number of aromatic amines is 1. The molecule has 24 heavy (non-hydrogen) atoms. The number of carbonyl (C=O) groups excluding carboxylic acids is 3. The fraction of sp³-hybridized carbons (Fsp3) is 0.200. The molecule has 3 amide bonds. The molecule has 0 aliphatic carbocycles. The maximum absolute atomic E-state index is 12.5. The van der Waals surface area contributed by atoms with Crippen molar-refractivity contribution >= 4 is 23.5 Å². The van der Waals surface area contributed by atoms with Crippen LogP contribution in [0.25, 0.3) is 11.3 Å². The lowest BCUT2D eigenvalue weighted by atomic mass is 10.1. The van der Waals surface area contributed by atoms with E-state index in [4.69, 9.17) is 10.5 Å². The summed E-state index contributed by atoms with van der Waals surface area (Å²) >= 11 is 0. The smallest absolute Gasteiger partial charge is 0.276 e. The van der Waals surface area contributed by atoms with Gasteiger partial charge in [0.2, 0.25) is 11.8 Å². The third kappa shape index (κ3) is 2.67. The van der Waals surface area contributed by atoms with Crippen LogP contribution in [-0.4, -0.2) is 40.0 Å². The Morgan fingerprint density at radius 2 is 1.88 bits per heavy atom. The minimum Gasteiger partial charge on any atom is -0.497 e. The zero-order valence-corrected chi connectivity index (χ0v) is 12.8. The summed E-state index contributed by atoms with van der Waals surface area (Å²) in [5, 5.41) is 7.25. The van der Waals surface area contributed by atoms with Crippen LogP contribution in [-0.2, 0) is 9.59 Å². The van der Waals surface area contributed by atoms with Crippen molar-refractivity contribution < 1.29 is 19.1 Å². The van der Waals surface area contributed by atoms with E-state index in [9.17, 15) is 14.4 Å². The van der Waals surface area contributed by atoms with Gasteiger partial charge in [0.15, 0.2) is 5.82 Å². The molecule has 9 heteroatoms.